The van der Waals surface area contributed by atoms with Crippen molar-refractivity contribution in [3.63, 3.8) is 0 Å². The first-order valence-corrected chi connectivity index (χ1v) is 44.7. The molecule has 10 aromatic rings. The van der Waals surface area contributed by atoms with E-state index in [1.165, 1.54) is 362 Å². The molecule has 0 heterocycles. The number of rotatable bonds is 38. The number of hydrogen-bond acceptors (Lipinski definition) is 0. The Bertz CT molecular complexity index is 4370. The van der Waals surface area contributed by atoms with E-state index in [1.807, 2.05) is 0 Å². The summed E-state index contributed by atoms with van der Waals surface area (Å²) in [6, 6.07) is 79.0. The minimum Gasteiger partial charge on any atom is -0.0654 e. The summed E-state index contributed by atoms with van der Waals surface area (Å²) in [5, 5.41) is 0. The van der Waals surface area contributed by atoms with E-state index in [1.54, 1.807) is 0 Å². The fraction of sp³-hybridized carbons (Fsp3) is 0.455. The second-order valence-electron chi connectivity index (χ2n) is 34.5. The van der Waals surface area contributed by atoms with Crippen LogP contribution in [-0.4, -0.2) is 0 Å². The second-order valence-corrected chi connectivity index (χ2v) is 34.5. The average molecular weight is 1460 g/mol. The van der Waals surface area contributed by atoms with Crippen molar-refractivity contribution in [2.45, 2.75) is 325 Å². The lowest BCUT2D eigenvalue weighted by Gasteiger charge is -2.34. The average Bonchev–Trinajstić information content (AvgIpc) is 1.56. The molecule has 0 atom stereocenters. The van der Waals surface area contributed by atoms with Crippen LogP contribution >= 0.6 is 0 Å². The van der Waals surface area contributed by atoms with Crippen molar-refractivity contribution in [2.24, 2.45) is 0 Å². The van der Waals surface area contributed by atoms with Gasteiger partial charge in [0.15, 0.2) is 0 Å². The van der Waals surface area contributed by atoms with Gasteiger partial charge in [-0.1, -0.05) is 423 Å². The maximum Gasteiger partial charge on any atom is 0.0464 e. The molecule has 0 nitrogen and oxygen atoms in total. The fourth-order valence-corrected chi connectivity index (χ4v) is 19.3. The molecule has 13 rings (SSSR count). The lowest BCUT2D eigenvalue weighted by Crippen LogP contribution is -2.27. The van der Waals surface area contributed by atoms with Crippen LogP contribution in [0.1, 0.15) is 347 Å². The highest BCUT2D eigenvalue weighted by Crippen LogP contribution is 2.59. The van der Waals surface area contributed by atoms with Gasteiger partial charge in [0.1, 0.15) is 0 Å². The number of unbranched alkanes of at least 4 members (excludes halogenated alkanes) is 22. The summed E-state index contributed by atoms with van der Waals surface area (Å²) in [5.41, 5.74) is 38.7. The summed E-state index contributed by atoms with van der Waals surface area (Å²) in [4.78, 5) is 0. The minimum atomic E-state index is -0.108. The number of fused-ring (bicyclic) bond motifs is 9. The third-order valence-corrected chi connectivity index (χ3v) is 25.6. The molecule has 0 amide bonds. The zero-order valence-electron chi connectivity index (χ0n) is 71.1. The van der Waals surface area contributed by atoms with E-state index in [2.05, 4.69) is 290 Å². The maximum atomic E-state index is 2.56. The first-order chi connectivity index (χ1) is 53.6. The van der Waals surface area contributed by atoms with Crippen LogP contribution in [0.3, 0.4) is 0 Å². The van der Waals surface area contributed by atoms with Gasteiger partial charge >= 0.3 is 0 Å². The van der Waals surface area contributed by atoms with Gasteiger partial charge in [0.25, 0.3) is 0 Å². The van der Waals surface area contributed by atoms with Gasteiger partial charge in [0.2, 0.25) is 0 Å². The quantitative estimate of drug-likeness (QED) is 0.0338. The summed E-state index contributed by atoms with van der Waals surface area (Å²) in [7, 11) is 0. The summed E-state index contributed by atoms with van der Waals surface area (Å²) in [5.74, 6) is 0. The first-order valence-electron chi connectivity index (χ1n) is 44.7. The van der Waals surface area contributed by atoms with E-state index in [4.69, 9.17) is 0 Å². The molecule has 0 saturated carbocycles. The Hall–Kier alpha value is -7.80. The lowest BCUT2D eigenvalue weighted by atomic mass is 9.68. The Kier molecular flexibility index (Phi) is 30.7. The molecule has 0 aromatic heterocycles. The summed E-state index contributed by atoms with van der Waals surface area (Å²) >= 11 is 0. The van der Waals surface area contributed by atoms with E-state index in [9.17, 15) is 0 Å². The number of aryl methyl sites for hydroxylation is 10. The van der Waals surface area contributed by atoms with Crippen LogP contribution in [0, 0.1) is 41.5 Å². The predicted octanol–water partition coefficient (Wildman–Crippen LogP) is 32.5. The van der Waals surface area contributed by atoms with Gasteiger partial charge in [0.05, 0.1) is 0 Å². The van der Waals surface area contributed by atoms with Crippen LogP contribution in [-0.2, 0) is 41.9 Å². The number of hydrogen-bond donors (Lipinski definition) is 0. The summed E-state index contributed by atoms with van der Waals surface area (Å²) < 4.78 is 0. The van der Waals surface area contributed by atoms with Crippen LogP contribution in [0.15, 0.2) is 200 Å². The monoisotopic (exact) mass is 1460 g/mol. The van der Waals surface area contributed by atoms with Crippen LogP contribution in [0.5, 0.6) is 0 Å². The molecule has 3 aliphatic rings. The molecule has 3 aliphatic carbocycles. The van der Waals surface area contributed by atoms with Gasteiger partial charge in [-0.05, 0) is 236 Å². The Morgan fingerprint density at radius 3 is 0.873 bits per heavy atom. The van der Waals surface area contributed by atoms with Gasteiger partial charge in [-0.25, -0.2) is 0 Å². The van der Waals surface area contributed by atoms with Crippen molar-refractivity contribution < 1.29 is 0 Å². The SMILES string of the molecule is CCCCCCCCC1(c2cccc(-c3ccc(CCCCCC)cc3)c2)c2cc(C)ccc2-c2ccc(C)cc21.CCCCCCCCC1(c2cccc(CCCCCC)c2)c2cc(C)ccc2-c2ccc(C)cc21.CCCCCCc1cc(CCCCCC)cc(C2(C)c3cc(C)ccc3-c3ccc(C)cc32)c1. The third kappa shape index (κ3) is 19.6. The van der Waals surface area contributed by atoms with E-state index in [0.29, 0.717) is 0 Å². The first kappa shape index (κ1) is 83.1. The maximum absolute atomic E-state index is 2.56. The van der Waals surface area contributed by atoms with Crippen LogP contribution in [0.25, 0.3) is 44.5 Å². The van der Waals surface area contributed by atoms with Gasteiger partial charge < -0.3 is 0 Å². The molecule has 0 fully saturated rings. The van der Waals surface area contributed by atoms with Gasteiger partial charge in [0, 0.05) is 16.2 Å². The highest BCUT2D eigenvalue weighted by atomic mass is 14.5. The van der Waals surface area contributed by atoms with Crippen molar-refractivity contribution in [3.05, 3.63) is 306 Å². The third-order valence-electron chi connectivity index (χ3n) is 25.6. The highest BCUT2D eigenvalue weighted by molar-refractivity contribution is 5.87. The van der Waals surface area contributed by atoms with Gasteiger partial charge in [-0.3, -0.25) is 0 Å². The van der Waals surface area contributed by atoms with E-state index >= 15 is 0 Å². The van der Waals surface area contributed by atoms with Crippen LogP contribution < -0.4 is 0 Å². The lowest BCUT2D eigenvalue weighted by molar-refractivity contribution is 0.505. The van der Waals surface area contributed by atoms with Crippen molar-refractivity contribution in [3.8, 4) is 44.5 Å². The molecule has 0 saturated heterocycles. The molecule has 0 unspecified atom stereocenters. The molecular weight excluding hydrogens is 1320 g/mol. The van der Waals surface area contributed by atoms with Crippen molar-refractivity contribution in [2.75, 3.05) is 0 Å². The molecule has 0 bridgehead atoms. The normalized spacial score (nSPS) is 13.5. The smallest absolute Gasteiger partial charge is 0.0464 e. The van der Waals surface area contributed by atoms with E-state index < -0.39 is 0 Å². The largest absolute Gasteiger partial charge is 0.0654 e. The highest BCUT2D eigenvalue weighted by Gasteiger charge is 2.47. The van der Waals surface area contributed by atoms with Crippen molar-refractivity contribution >= 4 is 0 Å². The molecule has 0 spiro atoms. The second kappa shape index (κ2) is 40.6. The molecule has 110 heavy (non-hydrogen) atoms. The topological polar surface area (TPSA) is 0 Å². The Balaban J connectivity index is 0.000000165. The fourth-order valence-electron chi connectivity index (χ4n) is 19.3. The molecule has 0 radical (unpaired) electrons. The van der Waals surface area contributed by atoms with Crippen molar-refractivity contribution in [1.29, 1.82) is 0 Å². The molecule has 0 N–H and O–H groups in total. The predicted molar refractivity (Wildman–Crippen MR) is 482 cm³/mol. The van der Waals surface area contributed by atoms with Gasteiger partial charge in [-0.15, -0.1) is 0 Å². The summed E-state index contributed by atoms with van der Waals surface area (Å²) in [6.45, 7) is 29.8. The van der Waals surface area contributed by atoms with E-state index in [-0.39, 0.29) is 16.2 Å². The van der Waals surface area contributed by atoms with Crippen molar-refractivity contribution in [1.82, 2.24) is 0 Å². The Morgan fingerprint density at radius 1 is 0.209 bits per heavy atom. The van der Waals surface area contributed by atoms with Crippen LogP contribution in [0.4, 0.5) is 0 Å². The zero-order chi connectivity index (χ0) is 77.5. The molecular formula is C110H140. The molecule has 10 aromatic carbocycles. The summed E-state index contributed by atoms with van der Waals surface area (Å²) in [6.07, 6.45) is 44.2. The Morgan fingerprint density at radius 2 is 0.500 bits per heavy atom. The molecule has 580 valence electrons. The molecule has 0 heteroatoms. The van der Waals surface area contributed by atoms with Crippen LogP contribution in [0.2, 0.25) is 0 Å². The minimum absolute atomic E-state index is 0.0348. The standard InChI is InChI=1S/C41H50.C35H46.C34H44/c1-5-7-9-11-12-14-27-41(39-28-31(3)19-25-37(39)38-26-20-32(4)29-40(38)41)36-18-15-17-35(30-36)34-23-21-33(22-24-34)16-13-10-8-6-2;1-5-7-9-11-12-14-23-35(30-18-15-17-29(26-30)16-13-10-8-6-2)33-24-27(3)19-21-31(33)32-22-20-28(4)25-34(32)35;1-6-8-10-12-14-27-22-28(15-13-11-9-7-2)24-29(23-27)34(5)32-20-25(3)16-18-30(32)31-19-17-26(4)21-33(31)34/h15,17-26,28-30H,5-14,16,27H2,1-4H3;15,17-22,24-26H,5-14,16,23H2,1-4H3;16-24H,6-15H2,1-5H3. The Labute approximate surface area is 670 Å². The van der Waals surface area contributed by atoms with E-state index in [0.717, 1.165) is 6.42 Å². The van der Waals surface area contributed by atoms with Gasteiger partial charge in [-0.2, -0.15) is 0 Å². The number of benzene rings is 10. The molecule has 0 aliphatic heterocycles. The zero-order valence-corrected chi connectivity index (χ0v) is 71.1.